The minimum absolute atomic E-state index is 0.0526. The Morgan fingerprint density at radius 2 is 1.93 bits per heavy atom. The van der Waals surface area contributed by atoms with Crippen LogP contribution >= 0.6 is 0 Å². The van der Waals surface area contributed by atoms with Gasteiger partial charge >= 0.3 is 0 Å². The second-order valence-electron chi connectivity index (χ2n) is 7.41. The van der Waals surface area contributed by atoms with Crippen molar-refractivity contribution in [2.75, 3.05) is 19.8 Å². The molecule has 2 aromatic heterocycles. The van der Waals surface area contributed by atoms with E-state index in [-0.39, 0.29) is 43.2 Å². The molecule has 3 heterocycles. The average molecular weight is 417 g/mol. The molecule has 3 rings (SSSR count). The first-order valence-electron chi connectivity index (χ1n) is 8.80. The zero-order chi connectivity index (χ0) is 21.2. The Morgan fingerprint density at radius 3 is 2.52 bits per heavy atom. The predicted octanol–water partition coefficient (Wildman–Crippen LogP) is 4.24. The van der Waals surface area contributed by atoms with Crippen molar-refractivity contribution in [2.24, 2.45) is 5.73 Å². The van der Waals surface area contributed by atoms with Crippen LogP contribution in [0.5, 0.6) is 5.75 Å². The summed E-state index contributed by atoms with van der Waals surface area (Å²) in [5.41, 5.74) is 2.53. The number of nitrogens with two attached hydrogens (primary N) is 1. The third kappa shape index (κ3) is 5.18. The van der Waals surface area contributed by atoms with Gasteiger partial charge in [0.25, 0.3) is 12.9 Å². The van der Waals surface area contributed by atoms with E-state index in [9.17, 15) is 22.0 Å². The molecule has 0 bridgehead atoms. The average Bonchev–Trinajstić information content (AvgIpc) is 2.64. The van der Waals surface area contributed by atoms with Crippen LogP contribution in [0.15, 0.2) is 30.5 Å². The fourth-order valence-corrected chi connectivity index (χ4v) is 3.07. The first kappa shape index (κ1) is 21.4. The Kier molecular flexibility index (Phi) is 6.04. The molecule has 1 atom stereocenters. The van der Waals surface area contributed by atoms with Crippen LogP contribution in [0.3, 0.4) is 0 Å². The second-order valence-corrected chi connectivity index (χ2v) is 7.41. The summed E-state index contributed by atoms with van der Waals surface area (Å²) in [6, 6.07) is 5.11. The second kappa shape index (κ2) is 8.19. The molecule has 0 unspecified atom stereocenters. The summed E-state index contributed by atoms with van der Waals surface area (Å²) in [7, 11) is 0. The molecule has 0 aliphatic carbocycles. The number of ether oxygens (including phenoxy) is 2. The summed E-state index contributed by atoms with van der Waals surface area (Å²) < 4.78 is 77.1. The lowest BCUT2D eigenvalue weighted by Crippen LogP contribution is -2.55. The van der Waals surface area contributed by atoms with E-state index in [1.165, 1.54) is 18.2 Å². The van der Waals surface area contributed by atoms with Crippen molar-refractivity contribution in [3.05, 3.63) is 41.9 Å². The zero-order valence-electron chi connectivity index (χ0n) is 15.5. The minimum Gasteiger partial charge on any atom is -0.490 e. The molecule has 0 amide bonds. The lowest BCUT2D eigenvalue weighted by molar-refractivity contribution is -0.142. The van der Waals surface area contributed by atoms with E-state index in [2.05, 4.69) is 9.97 Å². The van der Waals surface area contributed by atoms with Gasteiger partial charge in [-0.2, -0.15) is 0 Å². The van der Waals surface area contributed by atoms with Gasteiger partial charge in [0, 0.05) is 18.2 Å². The molecular formula is C19H20F5N3O2. The Bertz CT molecular complexity index is 859. The molecule has 2 N–H and O–H groups in total. The Labute approximate surface area is 164 Å². The highest BCUT2D eigenvalue weighted by Gasteiger charge is 2.44. The molecule has 1 fully saturated rings. The summed E-state index contributed by atoms with van der Waals surface area (Å²) in [5.74, 6) is -0.207. The van der Waals surface area contributed by atoms with Crippen molar-refractivity contribution >= 4 is 0 Å². The SMILES string of the molecule is C[C@@](N)(COc1ccc(-c2ccnc(C(F)F)c2)nc1C(F)F)CC1(F)COC1. The van der Waals surface area contributed by atoms with Gasteiger partial charge in [-0.15, -0.1) is 0 Å². The molecule has 10 heteroatoms. The van der Waals surface area contributed by atoms with Gasteiger partial charge in [-0.3, -0.25) is 4.98 Å². The van der Waals surface area contributed by atoms with E-state index >= 15 is 0 Å². The van der Waals surface area contributed by atoms with Crippen molar-refractivity contribution in [3.8, 4) is 17.0 Å². The number of aromatic nitrogens is 2. The predicted molar refractivity (Wildman–Crippen MR) is 94.7 cm³/mol. The van der Waals surface area contributed by atoms with Crippen LogP contribution in [0.25, 0.3) is 11.3 Å². The van der Waals surface area contributed by atoms with Crippen LogP contribution in [0, 0.1) is 0 Å². The summed E-state index contributed by atoms with van der Waals surface area (Å²) >= 11 is 0. The van der Waals surface area contributed by atoms with Crippen molar-refractivity contribution < 1.29 is 31.4 Å². The minimum atomic E-state index is -2.97. The largest absolute Gasteiger partial charge is 0.490 e. The quantitative estimate of drug-likeness (QED) is 0.651. The van der Waals surface area contributed by atoms with Crippen molar-refractivity contribution in [1.82, 2.24) is 9.97 Å². The highest BCUT2D eigenvalue weighted by molar-refractivity contribution is 5.60. The fourth-order valence-electron chi connectivity index (χ4n) is 3.07. The first-order chi connectivity index (χ1) is 13.6. The monoisotopic (exact) mass is 417 g/mol. The Morgan fingerprint density at radius 1 is 1.21 bits per heavy atom. The molecule has 0 aromatic carbocycles. The van der Waals surface area contributed by atoms with Crippen molar-refractivity contribution in [3.63, 3.8) is 0 Å². The Hall–Kier alpha value is -2.33. The number of hydrogen-bond acceptors (Lipinski definition) is 5. The van der Waals surface area contributed by atoms with E-state index in [4.69, 9.17) is 15.2 Å². The number of rotatable bonds is 8. The third-order valence-electron chi connectivity index (χ3n) is 4.39. The third-order valence-corrected chi connectivity index (χ3v) is 4.39. The summed E-state index contributed by atoms with van der Waals surface area (Å²) in [6.45, 7) is 1.21. The highest BCUT2D eigenvalue weighted by atomic mass is 19.3. The van der Waals surface area contributed by atoms with Crippen LogP contribution in [0.4, 0.5) is 22.0 Å². The summed E-state index contributed by atoms with van der Waals surface area (Å²) in [4.78, 5) is 7.40. The van der Waals surface area contributed by atoms with E-state index in [0.29, 0.717) is 0 Å². The number of hydrogen-bond donors (Lipinski definition) is 1. The molecule has 2 aromatic rings. The van der Waals surface area contributed by atoms with E-state index in [0.717, 1.165) is 12.3 Å². The topological polar surface area (TPSA) is 70.3 Å². The van der Waals surface area contributed by atoms with Gasteiger partial charge in [0.05, 0.1) is 24.4 Å². The molecule has 1 aliphatic heterocycles. The van der Waals surface area contributed by atoms with Crippen LogP contribution in [0.1, 0.15) is 37.6 Å². The molecular weight excluding hydrogens is 397 g/mol. The number of alkyl halides is 5. The maximum atomic E-state index is 14.2. The normalized spacial score (nSPS) is 17.8. The van der Waals surface area contributed by atoms with Crippen LogP contribution in [0.2, 0.25) is 0 Å². The number of nitrogens with zero attached hydrogens (tertiary/aromatic N) is 2. The summed E-state index contributed by atoms with van der Waals surface area (Å²) in [6.07, 6.45) is -4.67. The molecule has 158 valence electrons. The fraction of sp³-hybridized carbons (Fsp3) is 0.474. The smallest absolute Gasteiger partial charge is 0.284 e. The van der Waals surface area contributed by atoms with Gasteiger partial charge < -0.3 is 15.2 Å². The van der Waals surface area contributed by atoms with Gasteiger partial charge in [0.2, 0.25) is 0 Å². The molecule has 0 spiro atoms. The van der Waals surface area contributed by atoms with E-state index in [1.807, 2.05) is 0 Å². The molecule has 5 nitrogen and oxygen atoms in total. The summed E-state index contributed by atoms with van der Waals surface area (Å²) in [5, 5.41) is 0. The lowest BCUT2D eigenvalue weighted by atomic mass is 9.87. The number of halogens is 5. The van der Waals surface area contributed by atoms with Gasteiger partial charge in [0.15, 0.2) is 5.67 Å². The van der Waals surface area contributed by atoms with Crippen LogP contribution < -0.4 is 10.5 Å². The first-order valence-corrected chi connectivity index (χ1v) is 8.80. The van der Waals surface area contributed by atoms with Crippen LogP contribution in [-0.4, -0.2) is 41.0 Å². The van der Waals surface area contributed by atoms with Gasteiger partial charge in [-0.05, 0) is 31.2 Å². The van der Waals surface area contributed by atoms with Crippen molar-refractivity contribution in [1.29, 1.82) is 0 Å². The van der Waals surface area contributed by atoms with Gasteiger partial charge in [-0.25, -0.2) is 26.9 Å². The lowest BCUT2D eigenvalue weighted by Gasteiger charge is -2.39. The molecule has 0 saturated carbocycles. The standard InChI is InChI=1S/C19H20F5N3O2/c1-18(25,7-19(24)9-28-10-19)8-29-14-3-2-12(27-15(14)17(22)23)11-4-5-26-13(6-11)16(20)21/h2-6,16-17H,7-10,25H2,1H3/t18-/m0/s1. The van der Waals surface area contributed by atoms with E-state index in [1.54, 1.807) is 6.92 Å². The Balaban J connectivity index is 1.78. The van der Waals surface area contributed by atoms with Crippen molar-refractivity contribution in [2.45, 2.75) is 37.4 Å². The van der Waals surface area contributed by atoms with E-state index < -0.39 is 35.4 Å². The number of pyridine rings is 2. The maximum absolute atomic E-state index is 14.2. The maximum Gasteiger partial charge on any atom is 0.284 e. The van der Waals surface area contributed by atoms with Gasteiger partial charge in [-0.1, -0.05) is 0 Å². The molecule has 1 saturated heterocycles. The molecule has 29 heavy (non-hydrogen) atoms. The highest BCUT2D eigenvalue weighted by Crippen LogP contribution is 2.34. The molecule has 0 radical (unpaired) electrons. The molecule has 1 aliphatic rings. The zero-order valence-corrected chi connectivity index (χ0v) is 15.5. The van der Waals surface area contributed by atoms with Gasteiger partial charge in [0.1, 0.15) is 23.7 Å². The van der Waals surface area contributed by atoms with Crippen LogP contribution in [-0.2, 0) is 4.74 Å².